The fourth-order valence-corrected chi connectivity index (χ4v) is 5.72. The summed E-state index contributed by atoms with van der Waals surface area (Å²) in [5.41, 5.74) is 2.82. The number of benzene rings is 2. The summed E-state index contributed by atoms with van der Waals surface area (Å²) in [6.07, 6.45) is 6.14. The number of para-hydroxylation sites is 1. The lowest BCUT2D eigenvalue weighted by Crippen LogP contribution is -2.44. The molecule has 8 heteroatoms. The molecule has 3 aliphatic rings. The molecular formula is C27H26N4O4. The van der Waals surface area contributed by atoms with E-state index in [-0.39, 0.29) is 23.8 Å². The summed E-state index contributed by atoms with van der Waals surface area (Å²) in [5, 5.41) is 6.92. The molecule has 6 rings (SSSR count). The van der Waals surface area contributed by atoms with Crippen LogP contribution in [0.25, 0.3) is 10.9 Å². The van der Waals surface area contributed by atoms with Crippen molar-refractivity contribution in [2.75, 3.05) is 23.3 Å². The highest BCUT2D eigenvalue weighted by Crippen LogP contribution is 2.52. The average molecular weight is 471 g/mol. The third-order valence-electron chi connectivity index (χ3n) is 7.27. The van der Waals surface area contributed by atoms with Crippen molar-refractivity contribution >= 4 is 40.0 Å². The number of aromatic amines is 1. The molecule has 178 valence electrons. The maximum atomic E-state index is 13.5. The Bertz CT molecular complexity index is 1360. The zero-order valence-corrected chi connectivity index (χ0v) is 19.3. The summed E-state index contributed by atoms with van der Waals surface area (Å²) >= 11 is 0. The summed E-state index contributed by atoms with van der Waals surface area (Å²) in [7, 11) is 0. The maximum Gasteiger partial charge on any atom is 0.234 e. The third kappa shape index (κ3) is 3.52. The number of nitrogens with zero attached hydrogens (tertiary/aromatic N) is 1. The Balaban J connectivity index is 1.16. The van der Waals surface area contributed by atoms with Gasteiger partial charge in [0.2, 0.25) is 17.7 Å². The smallest absolute Gasteiger partial charge is 0.234 e. The van der Waals surface area contributed by atoms with E-state index in [1.165, 1.54) is 6.92 Å². The minimum absolute atomic E-state index is 0.110. The predicted octanol–water partition coefficient (Wildman–Crippen LogP) is 2.77. The van der Waals surface area contributed by atoms with E-state index < -0.39 is 17.4 Å². The minimum atomic E-state index is -0.781. The van der Waals surface area contributed by atoms with Crippen molar-refractivity contribution < 1.29 is 19.1 Å². The second kappa shape index (κ2) is 8.09. The van der Waals surface area contributed by atoms with Gasteiger partial charge in [0.15, 0.2) is 0 Å². The molecule has 3 aromatic rings. The molecule has 0 radical (unpaired) electrons. The highest BCUT2D eigenvalue weighted by molar-refractivity contribution is 6.03. The highest BCUT2D eigenvalue weighted by atomic mass is 16.5. The van der Waals surface area contributed by atoms with Gasteiger partial charge >= 0.3 is 0 Å². The number of amides is 3. The number of H-pyrrole nitrogens is 1. The molecule has 2 unspecified atom stereocenters. The molecule has 3 N–H and O–H groups in total. The molecule has 4 atom stereocenters. The molecule has 2 bridgehead atoms. The number of carbonyl (C=O) groups excluding carboxylic acids is 3. The van der Waals surface area contributed by atoms with Crippen molar-refractivity contribution in [3.63, 3.8) is 0 Å². The molecule has 0 saturated carbocycles. The molecule has 35 heavy (non-hydrogen) atoms. The molecule has 3 amide bonds. The van der Waals surface area contributed by atoms with E-state index in [4.69, 9.17) is 4.74 Å². The number of hydrogen-bond donors (Lipinski definition) is 3. The standard InChI is InChI=1S/C27H26N4O4/c1-16(32)30-18-6-8-19(9-7-18)31-15-27-12-10-22(35-27)23(24(27)26(31)34)25(33)28-13-11-17-14-29-21-5-3-2-4-20(17)21/h2-10,12,14,22-24,29H,11,13,15H2,1H3,(H,28,33)(H,30,32)/t22-,23?,24?,27-/m1/s1. The molecule has 1 spiro atoms. The first kappa shape index (κ1) is 21.6. The quantitative estimate of drug-likeness (QED) is 0.482. The van der Waals surface area contributed by atoms with Crippen LogP contribution in [0.3, 0.4) is 0 Å². The van der Waals surface area contributed by atoms with Crippen LogP contribution in [0.4, 0.5) is 11.4 Å². The second-order valence-electron chi connectivity index (χ2n) is 9.45. The lowest BCUT2D eigenvalue weighted by atomic mass is 9.77. The van der Waals surface area contributed by atoms with Crippen LogP contribution in [0.15, 0.2) is 66.9 Å². The zero-order valence-electron chi connectivity index (χ0n) is 19.3. The monoisotopic (exact) mass is 470 g/mol. The number of ether oxygens (including phenoxy) is 1. The first-order valence-electron chi connectivity index (χ1n) is 11.8. The SMILES string of the molecule is CC(=O)Nc1ccc(N2C[C@@]34C=C[C@@H](O3)C(C(=O)NCCc3c[nH]c5ccccc35)C4C2=O)cc1. The summed E-state index contributed by atoms with van der Waals surface area (Å²) in [6.45, 7) is 2.29. The van der Waals surface area contributed by atoms with Crippen LogP contribution >= 0.6 is 0 Å². The van der Waals surface area contributed by atoms with Gasteiger partial charge in [-0.1, -0.05) is 30.4 Å². The average Bonchev–Trinajstić information content (AvgIpc) is 3.59. The fourth-order valence-electron chi connectivity index (χ4n) is 5.72. The van der Waals surface area contributed by atoms with Crippen molar-refractivity contribution in [1.82, 2.24) is 10.3 Å². The van der Waals surface area contributed by atoms with E-state index in [9.17, 15) is 14.4 Å². The van der Waals surface area contributed by atoms with E-state index in [1.54, 1.807) is 29.2 Å². The van der Waals surface area contributed by atoms with Crippen molar-refractivity contribution in [3.05, 3.63) is 72.4 Å². The topological polar surface area (TPSA) is 104 Å². The molecule has 1 aromatic heterocycles. The minimum Gasteiger partial charge on any atom is -0.361 e. The second-order valence-corrected chi connectivity index (χ2v) is 9.45. The Labute approximate surface area is 202 Å². The number of hydrogen-bond acceptors (Lipinski definition) is 4. The normalized spacial score (nSPS) is 26.4. The zero-order chi connectivity index (χ0) is 24.2. The van der Waals surface area contributed by atoms with Gasteiger partial charge in [-0.3, -0.25) is 14.4 Å². The Hall–Kier alpha value is -3.91. The van der Waals surface area contributed by atoms with Crippen molar-refractivity contribution in [2.45, 2.75) is 25.0 Å². The Morgan fingerprint density at radius 2 is 1.97 bits per heavy atom. The molecule has 0 aliphatic carbocycles. The highest BCUT2D eigenvalue weighted by Gasteiger charge is 2.67. The van der Waals surface area contributed by atoms with Gasteiger partial charge in [-0.25, -0.2) is 0 Å². The molecular weight excluding hydrogens is 444 g/mol. The van der Waals surface area contributed by atoms with Crippen LogP contribution in [0.5, 0.6) is 0 Å². The molecule has 2 aromatic carbocycles. The Morgan fingerprint density at radius 1 is 1.17 bits per heavy atom. The number of rotatable bonds is 6. The van der Waals surface area contributed by atoms with E-state index in [0.29, 0.717) is 30.9 Å². The number of anilines is 2. The first-order valence-corrected chi connectivity index (χ1v) is 11.8. The first-order chi connectivity index (χ1) is 16.9. The number of carbonyl (C=O) groups is 3. The van der Waals surface area contributed by atoms with E-state index >= 15 is 0 Å². The summed E-state index contributed by atoms with van der Waals surface area (Å²) in [5.74, 6) is -1.53. The number of aromatic nitrogens is 1. The van der Waals surface area contributed by atoms with Gasteiger partial charge in [-0.2, -0.15) is 0 Å². The summed E-state index contributed by atoms with van der Waals surface area (Å²) < 4.78 is 6.23. The summed E-state index contributed by atoms with van der Waals surface area (Å²) in [6, 6.07) is 15.2. The Kier molecular flexibility index (Phi) is 5.00. The molecule has 2 saturated heterocycles. The maximum absolute atomic E-state index is 13.5. The number of fused-ring (bicyclic) bond motifs is 2. The van der Waals surface area contributed by atoms with Crippen molar-refractivity contribution in [3.8, 4) is 0 Å². The van der Waals surface area contributed by atoms with E-state index in [0.717, 1.165) is 16.5 Å². The third-order valence-corrected chi connectivity index (χ3v) is 7.27. The van der Waals surface area contributed by atoms with Gasteiger partial charge in [0.05, 0.1) is 24.5 Å². The van der Waals surface area contributed by atoms with Gasteiger partial charge in [0.25, 0.3) is 0 Å². The van der Waals surface area contributed by atoms with Gasteiger partial charge in [-0.05, 0) is 42.3 Å². The van der Waals surface area contributed by atoms with E-state index in [2.05, 4.69) is 21.7 Å². The van der Waals surface area contributed by atoms with Crippen LogP contribution in [0.2, 0.25) is 0 Å². The van der Waals surface area contributed by atoms with Crippen LogP contribution in [0.1, 0.15) is 12.5 Å². The molecule has 8 nitrogen and oxygen atoms in total. The molecule has 2 fully saturated rings. The van der Waals surface area contributed by atoms with Crippen LogP contribution in [-0.2, 0) is 25.5 Å². The van der Waals surface area contributed by atoms with Gasteiger partial charge in [0, 0.05) is 41.9 Å². The van der Waals surface area contributed by atoms with Gasteiger partial charge in [-0.15, -0.1) is 0 Å². The van der Waals surface area contributed by atoms with Gasteiger partial charge in [0.1, 0.15) is 5.60 Å². The van der Waals surface area contributed by atoms with Crippen molar-refractivity contribution in [2.24, 2.45) is 11.8 Å². The van der Waals surface area contributed by atoms with Crippen molar-refractivity contribution in [1.29, 1.82) is 0 Å². The predicted molar refractivity (Wildman–Crippen MR) is 132 cm³/mol. The Morgan fingerprint density at radius 3 is 2.77 bits per heavy atom. The van der Waals surface area contributed by atoms with Crippen LogP contribution in [-0.4, -0.2) is 47.5 Å². The molecule has 4 heterocycles. The van der Waals surface area contributed by atoms with Gasteiger partial charge < -0.3 is 25.3 Å². The molecule has 3 aliphatic heterocycles. The van der Waals surface area contributed by atoms with Crippen LogP contribution < -0.4 is 15.5 Å². The van der Waals surface area contributed by atoms with Crippen LogP contribution in [0, 0.1) is 11.8 Å². The fraction of sp³-hybridized carbons (Fsp3) is 0.296. The number of nitrogens with one attached hydrogen (secondary N) is 3. The summed E-state index contributed by atoms with van der Waals surface area (Å²) in [4.78, 5) is 43.0. The lowest BCUT2D eigenvalue weighted by Gasteiger charge is -2.23. The lowest BCUT2D eigenvalue weighted by molar-refractivity contribution is -0.131. The largest absolute Gasteiger partial charge is 0.361 e. The van der Waals surface area contributed by atoms with E-state index in [1.807, 2.05) is 36.5 Å².